The van der Waals surface area contributed by atoms with Crippen molar-refractivity contribution in [1.82, 2.24) is 0 Å². The Morgan fingerprint density at radius 1 is 0.917 bits per heavy atom. The van der Waals surface area contributed by atoms with E-state index in [-0.39, 0.29) is 0 Å². The smallest absolute Gasteiger partial charge is 0.0112 e. The van der Waals surface area contributed by atoms with Crippen molar-refractivity contribution in [1.29, 1.82) is 0 Å². The Morgan fingerprint density at radius 2 is 1.67 bits per heavy atom. The van der Waals surface area contributed by atoms with Crippen LogP contribution in [0.4, 0.5) is 0 Å². The van der Waals surface area contributed by atoms with Crippen molar-refractivity contribution in [2.45, 2.75) is 115 Å². The van der Waals surface area contributed by atoms with Gasteiger partial charge in [0.1, 0.15) is 0 Å². The monoisotopic (exact) mass is 446 g/mol. The van der Waals surface area contributed by atoms with E-state index >= 15 is 0 Å². The van der Waals surface area contributed by atoms with Crippen LogP contribution < -0.4 is 0 Å². The van der Waals surface area contributed by atoms with Crippen LogP contribution in [0.2, 0.25) is 0 Å². The third-order valence-corrected chi connectivity index (χ3v) is 8.34. The maximum Gasteiger partial charge on any atom is 0.0112 e. The van der Waals surface area contributed by atoms with E-state index in [1.54, 1.807) is 12.8 Å². The molecule has 0 saturated heterocycles. The van der Waals surface area contributed by atoms with E-state index in [0.29, 0.717) is 0 Å². The summed E-state index contributed by atoms with van der Waals surface area (Å²) >= 11 is 2.69. The van der Waals surface area contributed by atoms with Crippen LogP contribution in [-0.2, 0) is 0 Å². The maximum absolute atomic E-state index is 2.69. The average molecular weight is 447 g/mol. The fourth-order valence-corrected chi connectivity index (χ4v) is 6.75. The van der Waals surface area contributed by atoms with Crippen molar-refractivity contribution in [2.24, 2.45) is 29.6 Å². The molecule has 2 fully saturated rings. The lowest BCUT2D eigenvalue weighted by Gasteiger charge is -2.35. The summed E-state index contributed by atoms with van der Waals surface area (Å²) in [6, 6.07) is 0. The third kappa shape index (κ3) is 7.54. The number of halogens is 1. The highest BCUT2D eigenvalue weighted by Gasteiger charge is 2.28. The predicted octanol–water partition coefficient (Wildman–Crippen LogP) is 8.42. The van der Waals surface area contributed by atoms with Gasteiger partial charge in [-0.15, -0.1) is 0 Å². The first-order chi connectivity index (χ1) is 11.6. The number of hydrogen-bond donors (Lipinski definition) is 0. The van der Waals surface area contributed by atoms with Gasteiger partial charge in [0.2, 0.25) is 0 Å². The van der Waals surface area contributed by atoms with E-state index in [0.717, 1.165) is 33.5 Å². The van der Waals surface area contributed by atoms with Crippen LogP contribution in [0.15, 0.2) is 0 Å². The second-order valence-electron chi connectivity index (χ2n) is 9.45. The number of hydrogen-bond acceptors (Lipinski definition) is 0. The molecule has 0 aromatic rings. The number of alkyl halides is 1. The van der Waals surface area contributed by atoms with Gasteiger partial charge in [0.25, 0.3) is 0 Å². The third-order valence-electron chi connectivity index (χ3n) is 7.21. The summed E-state index contributed by atoms with van der Waals surface area (Å²) in [5.74, 6) is 5.12. The van der Waals surface area contributed by atoms with E-state index in [1.165, 1.54) is 77.0 Å². The molecule has 0 spiro atoms. The zero-order valence-electron chi connectivity index (χ0n) is 16.7. The molecule has 0 aliphatic heterocycles. The van der Waals surface area contributed by atoms with Crippen molar-refractivity contribution in [3.63, 3.8) is 0 Å². The topological polar surface area (TPSA) is 0 Å². The molecule has 2 aliphatic carbocycles. The lowest BCUT2D eigenvalue weighted by atomic mass is 9.71. The normalized spacial score (nSPS) is 35.8. The molecule has 6 atom stereocenters. The van der Waals surface area contributed by atoms with Crippen LogP contribution in [0, 0.1) is 29.6 Å². The SMILES string of the molecule is CCCC(C)CCCC1CCC(CCC2CCCC(I)C2)CC1C. The summed E-state index contributed by atoms with van der Waals surface area (Å²) in [6.07, 6.45) is 21.0. The Kier molecular flexibility index (Phi) is 10.0. The Balaban J connectivity index is 1.60. The zero-order chi connectivity index (χ0) is 17.4. The van der Waals surface area contributed by atoms with E-state index in [4.69, 9.17) is 0 Å². The first-order valence-electron chi connectivity index (χ1n) is 11.2. The second kappa shape index (κ2) is 11.4. The zero-order valence-corrected chi connectivity index (χ0v) is 18.9. The van der Waals surface area contributed by atoms with Crippen LogP contribution >= 0.6 is 22.6 Å². The molecule has 6 unspecified atom stereocenters. The quantitative estimate of drug-likeness (QED) is 0.246. The van der Waals surface area contributed by atoms with Crippen molar-refractivity contribution < 1.29 is 0 Å². The standard InChI is InChI=1S/C23H43I/c1-4-7-18(2)8-5-10-22-15-14-21(16-19(22)3)13-12-20-9-6-11-23(24)17-20/h18-23H,4-17H2,1-3H3. The van der Waals surface area contributed by atoms with Gasteiger partial charge in [-0.2, -0.15) is 0 Å². The van der Waals surface area contributed by atoms with Gasteiger partial charge in [-0.1, -0.05) is 108 Å². The van der Waals surface area contributed by atoms with Crippen LogP contribution in [-0.4, -0.2) is 3.92 Å². The molecular formula is C23H43I. The minimum atomic E-state index is 0.957. The Hall–Kier alpha value is 0.730. The fraction of sp³-hybridized carbons (Fsp3) is 1.00. The first kappa shape index (κ1) is 21.0. The molecule has 2 aliphatic rings. The molecule has 142 valence electrons. The maximum atomic E-state index is 2.69. The van der Waals surface area contributed by atoms with Gasteiger partial charge in [-0.05, 0) is 55.3 Å². The molecule has 1 heteroatoms. The largest absolute Gasteiger partial charge is 0.0826 e. The van der Waals surface area contributed by atoms with Crippen LogP contribution in [0.5, 0.6) is 0 Å². The van der Waals surface area contributed by atoms with E-state index in [1.807, 2.05) is 0 Å². The summed E-state index contributed by atoms with van der Waals surface area (Å²) in [5, 5.41) is 0. The highest BCUT2D eigenvalue weighted by Crippen LogP contribution is 2.40. The minimum absolute atomic E-state index is 0.957. The number of rotatable bonds is 9. The summed E-state index contributed by atoms with van der Waals surface area (Å²) in [7, 11) is 0. The van der Waals surface area contributed by atoms with Gasteiger partial charge in [0.15, 0.2) is 0 Å². The summed E-state index contributed by atoms with van der Waals surface area (Å²) in [5.41, 5.74) is 0. The molecule has 0 radical (unpaired) electrons. The van der Waals surface area contributed by atoms with Crippen LogP contribution in [0.1, 0.15) is 111 Å². The summed E-state index contributed by atoms with van der Waals surface area (Å²) in [4.78, 5) is 0. The molecule has 0 heterocycles. The highest BCUT2D eigenvalue weighted by molar-refractivity contribution is 14.1. The van der Waals surface area contributed by atoms with Crippen molar-refractivity contribution in [3.8, 4) is 0 Å². The molecule has 0 aromatic heterocycles. The van der Waals surface area contributed by atoms with Gasteiger partial charge in [-0.25, -0.2) is 0 Å². The molecule has 24 heavy (non-hydrogen) atoms. The molecule has 2 saturated carbocycles. The van der Waals surface area contributed by atoms with Gasteiger partial charge in [0.05, 0.1) is 0 Å². The molecule has 0 amide bonds. The van der Waals surface area contributed by atoms with Crippen molar-refractivity contribution >= 4 is 22.6 Å². The van der Waals surface area contributed by atoms with Crippen LogP contribution in [0.3, 0.4) is 0 Å². The van der Waals surface area contributed by atoms with Crippen LogP contribution in [0.25, 0.3) is 0 Å². The van der Waals surface area contributed by atoms with Gasteiger partial charge in [-0.3, -0.25) is 0 Å². The van der Waals surface area contributed by atoms with Crippen molar-refractivity contribution in [3.05, 3.63) is 0 Å². The summed E-state index contributed by atoms with van der Waals surface area (Å²) in [6.45, 7) is 7.34. The molecule has 0 aromatic carbocycles. The average Bonchev–Trinajstić information content (AvgIpc) is 2.55. The Morgan fingerprint density at radius 3 is 2.33 bits per heavy atom. The molecule has 2 rings (SSSR count). The predicted molar refractivity (Wildman–Crippen MR) is 117 cm³/mol. The van der Waals surface area contributed by atoms with Gasteiger partial charge >= 0.3 is 0 Å². The second-order valence-corrected chi connectivity index (χ2v) is 11.2. The van der Waals surface area contributed by atoms with Gasteiger partial charge in [0, 0.05) is 3.92 Å². The Bertz CT molecular complexity index is 326. The highest BCUT2D eigenvalue weighted by atomic mass is 127. The molecule has 0 nitrogen and oxygen atoms in total. The molecule has 0 N–H and O–H groups in total. The van der Waals surface area contributed by atoms with E-state index in [2.05, 4.69) is 43.4 Å². The fourth-order valence-electron chi connectivity index (χ4n) is 5.59. The molecular weight excluding hydrogens is 403 g/mol. The van der Waals surface area contributed by atoms with E-state index in [9.17, 15) is 0 Å². The van der Waals surface area contributed by atoms with Gasteiger partial charge < -0.3 is 0 Å². The Labute approximate surface area is 166 Å². The lowest BCUT2D eigenvalue weighted by Crippen LogP contribution is -2.24. The lowest BCUT2D eigenvalue weighted by molar-refractivity contribution is 0.163. The van der Waals surface area contributed by atoms with E-state index < -0.39 is 0 Å². The summed E-state index contributed by atoms with van der Waals surface area (Å²) < 4.78 is 0.978. The van der Waals surface area contributed by atoms with Crippen molar-refractivity contribution in [2.75, 3.05) is 0 Å². The first-order valence-corrected chi connectivity index (χ1v) is 12.5. The minimum Gasteiger partial charge on any atom is -0.0826 e. The molecule has 0 bridgehead atoms.